The van der Waals surface area contributed by atoms with Gasteiger partial charge in [0.15, 0.2) is 0 Å². The second kappa shape index (κ2) is 5.94. The van der Waals surface area contributed by atoms with Crippen LogP contribution in [0.5, 0.6) is 0 Å². The van der Waals surface area contributed by atoms with Gasteiger partial charge in [0, 0.05) is 9.50 Å². The lowest BCUT2D eigenvalue weighted by Gasteiger charge is -2.14. The van der Waals surface area contributed by atoms with Crippen LogP contribution >= 0.6 is 27.5 Å². The molecule has 2 aromatic carbocycles. The number of halogens is 2. The van der Waals surface area contributed by atoms with Crippen LogP contribution in [0, 0.1) is 0 Å². The monoisotopic (exact) mass is 376 g/mol. The molecule has 1 aliphatic heterocycles. The van der Waals surface area contributed by atoms with Gasteiger partial charge in [-0.15, -0.1) is 0 Å². The van der Waals surface area contributed by atoms with Crippen molar-refractivity contribution in [2.24, 2.45) is 0 Å². The SMILES string of the molecule is O=C1NN(c2ccc(Br)cc2)C(=O)C1=Cc1ccc(Cl)cc1. The van der Waals surface area contributed by atoms with E-state index < -0.39 is 5.91 Å². The fourth-order valence-corrected chi connectivity index (χ4v) is 2.45. The van der Waals surface area contributed by atoms with E-state index in [2.05, 4.69) is 21.4 Å². The van der Waals surface area contributed by atoms with Crippen LogP contribution in [0.4, 0.5) is 5.69 Å². The Kier molecular flexibility index (Phi) is 4.00. The molecular formula is C16H10BrClN2O2. The van der Waals surface area contributed by atoms with E-state index in [9.17, 15) is 9.59 Å². The first-order valence-corrected chi connectivity index (χ1v) is 7.60. The second-order valence-corrected chi connectivity index (χ2v) is 6.02. The van der Waals surface area contributed by atoms with Crippen LogP contribution in [0.3, 0.4) is 0 Å². The fourth-order valence-electron chi connectivity index (χ4n) is 2.06. The summed E-state index contributed by atoms with van der Waals surface area (Å²) in [6.45, 7) is 0. The van der Waals surface area contributed by atoms with E-state index in [-0.39, 0.29) is 11.5 Å². The Morgan fingerprint density at radius 2 is 1.64 bits per heavy atom. The third kappa shape index (κ3) is 2.91. The summed E-state index contributed by atoms with van der Waals surface area (Å²) in [5.74, 6) is -0.815. The number of amides is 2. The van der Waals surface area contributed by atoms with E-state index in [0.717, 1.165) is 10.0 Å². The van der Waals surface area contributed by atoms with Crippen molar-refractivity contribution in [3.63, 3.8) is 0 Å². The van der Waals surface area contributed by atoms with Crippen molar-refractivity contribution in [1.29, 1.82) is 0 Å². The van der Waals surface area contributed by atoms with Crippen molar-refractivity contribution in [2.75, 3.05) is 5.01 Å². The Morgan fingerprint density at radius 3 is 2.27 bits per heavy atom. The molecule has 6 heteroatoms. The molecule has 1 N–H and O–H groups in total. The van der Waals surface area contributed by atoms with Gasteiger partial charge in [-0.2, -0.15) is 0 Å². The first kappa shape index (κ1) is 14.8. The van der Waals surface area contributed by atoms with Gasteiger partial charge in [-0.05, 0) is 48.0 Å². The Hall–Kier alpha value is -2.11. The number of rotatable bonds is 2. The smallest absolute Gasteiger partial charge is 0.267 e. The van der Waals surface area contributed by atoms with Crippen molar-refractivity contribution in [1.82, 2.24) is 5.43 Å². The van der Waals surface area contributed by atoms with Crippen molar-refractivity contribution in [3.05, 3.63) is 69.2 Å². The standard InChI is InChI=1S/C16H10BrClN2O2/c17-11-3-7-13(8-4-11)20-16(22)14(15(21)19-20)9-10-1-5-12(18)6-2-10/h1-9H,(H,19,21). The van der Waals surface area contributed by atoms with Gasteiger partial charge in [0.2, 0.25) is 0 Å². The highest BCUT2D eigenvalue weighted by molar-refractivity contribution is 9.10. The van der Waals surface area contributed by atoms with Crippen molar-refractivity contribution in [2.45, 2.75) is 0 Å². The summed E-state index contributed by atoms with van der Waals surface area (Å²) < 4.78 is 0.895. The zero-order chi connectivity index (χ0) is 15.7. The molecule has 22 heavy (non-hydrogen) atoms. The lowest BCUT2D eigenvalue weighted by Crippen LogP contribution is -2.35. The molecule has 1 heterocycles. The van der Waals surface area contributed by atoms with Gasteiger partial charge in [0.1, 0.15) is 5.57 Å². The number of hydrogen-bond acceptors (Lipinski definition) is 2. The van der Waals surface area contributed by atoms with Gasteiger partial charge < -0.3 is 0 Å². The Labute approximate surface area is 140 Å². The van der Waals surface area contributed by atoms with E-state index in [0.29, 0.717) is 10.7 Å². The first-order chi connectivity index (χ1) is 10.5. The minimum Gasteiger partial charge on any atom is -0.267 e. The molecule has 1 saturated heterocycles. The minimum atomic E-state index is -0.428. The molecule has 0 saturated carbocycles. The lowest BCUT2D eigenvalue weighted by atomic mass is 10.1. The van der Waals surface area contributed by atoms with Crippen LogP contribution in [0.1, 0.15) is 5.56 Å². The van der Waals surface area contributed by atoms with E-state index >= 15 is 0 Å². The molecule has 4 nitrogen and oxygen atoms in total. The number of nitrogens with zero attached hydrogens (tertiary/aromatic N) is 1. The van der Waals surface area contributed by atoms with Crippen molar-refractivity contribution < 1.29 is 9.59 Å². The maximum Gasteiger partial charge on any atom is 0.282 e. The molecule has 2 amide bonds. The molecule has 0 atom stereocenters. The largest absolute Gasteiger partial charge is 0.282 e. The number of benzene rings is 2. The molecule has 110 valence electrons. The molecule has 0 spiro atoms. The summed E-state index contributed by atoms with van der Waals surface area (Å²) >= 11 is 9.15. The summed E-state index contributed by atoms with van der Waals surface area (Å²) in [7, 11) is 0. The summed E-state index contributed by atoms with van der Waals surface area (Å²) in [5.41, 5.74) is 3.98. The highest BCUT2D eigenvalue weighted by Crippen LogP contribution is 2.23. The van der Waals surface area contributed by atoms with Crippen molar-refractivity contribution >= 4 is 51.1 Å². The highest BCUT2D eigenvalue weighted by atomic mass is 79.9. The Bertz CT molecular complexity index is 770. The van der Waals surface area contributed by atoms with Crippen LogP contribution in [0.25, 0.3) is 6.08 Å². The molecule has 3 rings (SSSR count). The maximum absolute atomic E-state index is 12.4. The van der Waals surface area contributed by atoms with Gasteiger partial charge in [-0.25, -0.2) is 5.01 Å². The van der Waals surface area contributed by atoms with E-state index in [4.69, 9.17) is 11.6 Å². The van der Waals surface area contributed by atoms with Crippen LogP contribution in [0.15, 0.2) is 58.6 Å². The molecule has 1 fully saturated rings. The molecule has 1 aliphatic rings. The average Bonchev–Trinajstić information content (AvgIpc) is 2.78. The second-order valence-electron chi connectivity index (χ2n) is 4.67. The van der Waals surface area contributed by atoms with Crippen LogP contribution in [0.2, 0.25) is 5.02 Å². The van der Waals surface area contributed by atoms with E-state index in [1.54, 1.807) is 54.6 Å². The minimum absolute atomic E-state index is 0.0882. The predicted molar refractivity (Wildman–Crippen MR) is 89.2 cm³/mol. The van der Waals surface area contributed by atoms with Crippen LogP contribution in [-0.2, 0) is 9.59 Å². The zero-order valence-corrected chi connectivity index (χ0v) is 13.6. The summed E-state index contributed by atoms with van der Waals surface area (Å²) in [4.78, 5) is 24.4. The number of anilines is 1. The van der Waals surface area contributed by atoms with Crippen LogP contribution in [-0.4, -0.2) is 11.8 Å². The third-order valence-corrected chi connectivity index (χ3v) is 3.94. The normalized spacial score (nSPS) is 16.3. The zero-order valence-electron chi connectivity index (χ0n) is 11.2. The number of carbonyl (C=O) groups excluding carboxylic acids is 2. The van der Waals surface area contributed by atoms with Crippen LogP contribution < -0.4 is 10.4 Å². The van der Waals surface area contributed by atoms with Gasteiger partial charge >= 0.3 is 0 Å². The Morgan fingerprint density at radius 1 is 1.00 bits per heavy atom. The van der Waals surface area contributed by atoms with Gasteiger partial charge in [0.05, 0.1) is 5.69 Å². The third-order valence-electron chi connectivity index (χ3n) is 3.16. The molecule has 0 unspecified atom stereocenters. The quantitative estimate of drug-likeness (QED) is 0.642. The van der Waals surface area contributed by atoms with E-state index in [1.807, 2.05) is 0 Å². The predicted octanol–water partition coefficient (Wildman–Crippen LogP) is 3.56. The van der Waals surface area contributed by atoms with Gasteiger partial charge in [-0.3, -0.25) is 15.0 Å². The fraction of sp³-hybridized carbons (Fsp3) is 0. The maximum atomic E-state index is 12.4. The average molecular weight is 378 g/mol. The summed E-state index contributed by atoms with van der Waals surface area (Å²) in [5, 5.41) is 1.83. The van der Waals surface area contributed by atoms with Gasteiger partial charge in [-0.1, -0.05) is 39.7 Å². The number of nitrogens with one attached hydrogen (secondary N) is 1. The van der Waals surface area contributed by atoms with E-state index in [1.165, 1.54) is 5.01 Å². The molecule has 0 radical (unpaired) electrons. The molecule has 0 aliphatic carbocycles. The summed E-state index contributed by atoms with van der Waals surface area (Å²) in [6, 6.07) is 14.0. The number of carbonyl (C=O) groups is 2. The van der Waals surface area contributed by atoms with Gasteiger partial charge in [0.25, 0.3) is 11.8 Å². The first-order valence-electron chi connectivity index (χ1n) is 6.43. The molecule has 0 bridgehead atoms. The molecule has 2 aromatic rings. The Balaban J connectivity index is 1.91. The van der Waals surface area contributed by atoms with Crippen molar-refractivity contribution in [3.8, 4) is 0 Å². The molecule has 0 aromatic heterocycles. The number of hydrazine groups is 1. The highest BCUT2D eigenvalue weighted by Gasteiger charge is 2.34. The molecular weight excluding hydrogens is 368 g/mol. The topological polar surface area (TPSA) is 49.4 Å². The lowest BCUT2D eigenvalue weighted by molar-refractivity contribution is -0.117. The summed E-state index contributed by atoms with van der Waals surface area (Å²) in [6.07, 6.45) is 1.55. The number of hydrogen-bond donors (Lipinski definition) is 1.